The second-order valence-corrected chi connectivity index (χ2v) is 13.1. The van der Waals surface area contributed by atoms with Gasteiger partial charge < -0.3 is 51.4 Å². The number of nitriles is 1. The Hall–Kier alpha value is -8.10. The molecular weight excluding hydrogens is 800 g/mol. The summed E-state index contributed by atoms with van der Waals surface area (Å²) < 4.78 is 10.3. The summed E-state index contributed by atoms with van der Waals surface area (Å²) in [5, 5.41) is 53.2. The van der Waals surface area contributed by atoms with E-state index < -0.39 is 52.7 Å². The number of nitrogens with zero attached hydrogens (tertiary/aromatic N) is 1. The van der Waals surface area contributed by atoms with E-state index in [9.17, 15) is 49.3 Å². The zero-order valence-electron chi connectivity index (χ0n) is 31.7. The number of carboxylic acids is 1. The number of carboxylic acid groups (broad SMARTS) is 1. The zero-order valence-corrected chi connectivity index (χ0v) is 32.4. The molecule has 0 fully saturated rings. The molecule has 0 saturated heterocycles. The molecule has 5 aromatic carbocycles. The van der Waals surface area contributed by atoms with Crippen molar-refractivity contribution in [1.82, 2.24) is 5.32 Å². The number of methoxy groups -OCH3 is 2. The minimum atomic E-state index is -1.42. The minimum absolute atomic E-state index is 0.0152. The molecule has 0 aliphatic heterocycles. The fourth-order valence-electron chi connectivity index (χ4n) is 5.67. The molecule has 0 spiro atoms. The Balaban J connectivity index is 1.18. The van der Waals surface area contributed by atoms with Crippen molar-refractivity contribution in [2.45, 2.75) is 18.9 Å². The summed E-state index contributed by atoms with van der Waals surface area (Å²) in [6.07, 6.45) is -0.244. The molecule has 0 aliphatic carbocycles. The molecule has 0 bridgehead atoms. The van der Waals surface area contributed by atoms with Crippen molar-refractivity contribution >= 4 is 69.9 Å². The summed E-state index contributed by atoms with van der Waals surface area (Å²) in [5.74, 6) is -6.56. The van der Waals surface area contributed by atoms with Crippen LogP contribution in [0.1, 0.15) is 53.4 Å². The number of rotatable bonds is 15. The molecule has 5 rings (SSSR count). The largest absolute Gasteiger partial charge is 0.504 e. The van der Waals surface area contributed by atoms with Crippen molar-refractivity contribution in [2.75, 3.05) is 35.5 Å². The van der Waals surface area contributed by atoms with Crippen molar-refractivity contribution in [3.05, 3.63) is 130 Å². The number of aromatic hydroxyl groups is 2. The van der Waals surface area contributed by atoms with Gasteiger partial charge in [-0.2, -0.15) is 5.26 Å². The standard InChI is InChI=1S/C42H35ClN6O11/c1-59-36-30(17-15-28(34(36)51)40(55)48-31-18-16-29(42(57)58)35(52)37(31)60-2)47-38(53)23-7-13-27(14-8-23)46-41(56)32(19-20-44)49-39(54)24-5-11-26(12-6-24)45-33(50)21-22-3-9-25(43)10-4-22/h3-18,32,51-52H,19,21H2,1-2H3,(H,45,50)(H,46,56)(H,47,53)(H,48,55)(H,49,54)(H,57,58). The predicted octanol–water partition coefficient (Wildman–Crippen LogP) is 5.80. The lowest BCUT2D eigenvalue weighted by atomic mass is 10.1. The SMILES string of the molecule is COc1c(NC(=O)c2ccc(NC(=O)c3ccc(NC(=O)C(CC#N)NC(=O)c4ccc(NC(=O)Cc5ccc(Cl)cc5)cc4)cc3)c(OC)c2O)ccc(C(=O)O)c1O. The summed E-state index contributed by atoms with van der Waals surface area (Å²) in [5.41, 5.74) is 0.856. The van der Waals surface area contributed by atoms with E-state index in [-0.39, 0.29) is 64.0 Å². The van der Waals surface area contributed by atoms with Gasteiger partial charge in [-0.05, 0) is 90.5 Å². The van der Waals surface area contributed by atoms with Crippen LogP contribution in [0.4, 0.5) is 22.7 Å². The highest BCUT2D eigenvalue weighted by molar-refractivity contribution is 6.30. The molecule has 1 unspecified atom stereocenters. The van der Waals surface area contributed by atoms with Crippen molar-refractivity contribution in [2.24, 2.45) is 0 Å². The summed E-state index contributed by atoms with van der Waals surface area (Å²) in [6, 6.07) is 23.8. The van der Waals surface area contributed by atoms with Crippen molar-refractivity contribution in [3.8, 4) is 29.1 Å². The second-order valence-electron chi connectivity index (χ2n) is 12.7. The number of halogens is 1. The third kappa shape index (κ3) is 10.4. The average Bonchev–Trinajstić information content (AvgIpc) is 3.22. The number of amides is 5. The first kappa shape index (κ1) is 43.0. The summed E-state index contributed by atoms with van der Waals surface area (Å²) in [4.78, 5) is 76.2. The normalized spacial score (nSPS) is 10.9. The van der Waals surface area contributed by atoms with Crippen LogP contribution in [-0.4, -0.2) is 71.1 Å². The molecule has 0 heterocycles. The van der Waals surface area contributed by atoms with Crippen LogP contribution in [0.25, 0.3) is 0 Å². The van der Waals surface area contributed by atoms with Crippen LogP contribution in [0, 0.1) is 11.3 Å². The van der Waals surface area contributed by atoms with Crippen LogP contribution in [-0.2, 0) is 16.0 Å². The van der Waals surface area contributed by atoms with E-state index in [4.69, 9.17) is 21.1 Å². The molecular formula is C42H35ClN6O11. The number of nitrogens with one attached hydrogen (secondary N) is 5. The maximum absolute atomic E-state index is 13.2. The number of phenolic OH excluding ortho intramolecular Hbond substituents is 1. The summed E-state index contributed by atoms with van der Waals surface area (Å²) >= 11 is 5.89. The van der Waals surface area contributed by atoms with Crippen LogP contribution in [0.2, 0.25) is 5.02 Å². The molecule has 5 aromatic rings. The molecule has 60 heavy (non-hydrogen) atoms. The molecule has 0 radical (unpaired) electrons. The highest BCUT2D eigenvalue weighted by atomic mass is 35.5. The summed E-state index contributed by atoms with van der Waals surface area (Å²) in [7, 11) is 2.35. The van der Waals surface area contributed by atoms with Crippen LogP contribution < -0.4 is 36.1 Å². The van der Waals surface area contributed by atoms with Gasteiger partial charge in [-0.3, -0.25) is 24.0 Å². The number of anilines is 4. The Bertz CT molecular complexity index is 2500. The smallest absolute Gasteiger partial charge is 0.339 e. The zero-order chi connectivity index (χ0) is 43.5. The number of ether oxygens (including phenoxy) is 2. The van der Waals surface area contributed by atoms with Gasteiger partial charge in [0.05, 0.1) is 50.1 Å². The predicted molar refractivity (Wildman–Crippen MR) is 219 cm³/mol. The topological polar surface area (TPSA) is 266 Å². The number of hydrogen-bond donors (Lipinski definition) is 8. The molecule has 1 atom stereocenters. The lowest BCUT2D eigenvalue weighted by Crippen LogP contribution is -2.43. The molecule has 0 aliphatic rings. The molecule has 5 amide bonds. The van der Waals surface area contributed by atoms with Gasteiger partial charge in [-0.25, -0.2) is 4.79 Å². The molecule has 18 heteroatoms. The lowest BCUT2D eigenvalue weighted by Gasteiger charge is -2.17. The van der Waals surface area contributed by atoms with Crippen LogP contribution >= 0.6 is 11.6 Å². The Morgan fingerprint density at radius 3 is 1.68 bits per heavy atom. The van der Waals surface area contributed by atoms with Gasteiger partial charge in [0.2, 0.25) is 11.8 Å². The van der Waals surface area contributed by atoms with Crippen molar-refractivity contribution in [1.29, 1.82) is 5.26 Å². The number of phenols is 2. The number of carbonyl (C=O) groups excluding carboxylic acids is 5. The lowest BCUT2D eigenvalue weighted by molar-refractivity contribution is -0.118. The van der Waals surface area contributed by atoms with Crippen LogP contribution in [0.5, 0.6) is 23.0 Å². The highest BCUT2D eigenvalue weighted by Gasteiger charge is 2.25. The van der Waals surface area contributed by atoms with E-state index in [1.165, 1.54) is 73.8 Å². The summed E-state index contributed by atoms with van der Waals surface area (Å²) in [6.45, 7) is 0. The van der Waals surface area contributed by atoms with Gasteiger partial charge in [-0.15, -0.1) is 0 Å². The third-order valence-corrected chi connectivity index (χ3v) is 8.94. The van der Waals surface area contributed by atoms with E-state index in [1.54, 1.807) is 24.3 Å². The molecule has 0 aromatic heterocycles. The third-order valence-electron chi connectivity index (χ3n) is 8.68. The van der Waals surface area contributed by atoms with E-state index in [0.717, 1.165) is 18.7 Å². The van der Waals surface area contributed by atoms with Crippen molar-refractivity contribution in [3.63, 3.8) is 0 Å². The fourth-order valence-corrected chi connectivity index (χ4v) is 5.79. The maximum atomic E-state index is 13.2. The first-order valence-electron chi connectivity index (χ1n) is 17.6. The van der Waals surface area contributed by atoms with E-state index in [1.807, 2.05) is 6.07 Å². The van der Waals surface area contributed by atoms with E-state index in [2.05, 4.69) is 26.6 Å². The monoisotopic (exact) mass is 834 g/mol. The van der Waals surface area contributed by atoms with Gasteiger partial charge in [0.25, 0.3) is 17.7 Å². The van der Waals surface area contributed by atoms with Gasteiger partial charge >= 0.3 is 5.97 Å². The average molecular weight is 835 g/mol. The number of aromatic carboxylic acids is 1. The van der Waals surface area contributed by atoms with E-state index >= 15 is 0 Å². The van der Waals surface area contributed by atoms with Gasteiger partial charge in [-0.1, -0.05) is 23.7 Å². The number of benzene rings is 5. The van der Waals surface area contributed by atoms with Crippen LogP contribution in [0.15, 0.2) is 97.1 Å². The Labute approximate surface area is 346 Å². The molecule has 17 nitrogen and oxygen atoms in total. The minimum Gasteiger partial charge on any atom is -0.504 e. The van der Waals surface area contributed by atoms with Crippen LogP contribution in [0.3, 0.4) is 0 Å². The quantitative estimate of drug-likeness (QED) is 0.0622. The Morgan fingerprint density at radius 1 is 0.650 bits per heavy atom. The number of hydrogen-bond acceptors (Lipinski definition) is 11. The molecule has 0 saturated carbocycles. The maximum Gasteiger partial charge on any atom is 0.339 e. The Morgan fingerprint density at radius 2 is 1.15 bits per heavy atom. The van der Waals surface area contributed by atoms with Crippen molar-refractivity contribution < 1.29 is 53.6 Å². The molecule has 8 N–H and O–H groups in total. The van der Waals surface area contributed by atoms with Gasteiger partial charge in [0.1, 0.15) is 11.6 Å². The molecule has 306 valence electrons. The fraction of sp³-hybridized carbons (Fsp3) is 0.119. The first-order valence-corrected chi connectivity index (χ1v) is 18.0. The van der Waals surface area contributed by atoms with Gasteiger partial charge in [0.15, 0.2) is 23.0 Å². The van der Waals surface area contributed by atoms with Gasteiger partial charge in [0, 0.05) is 27.5 Å². The first-order chi connectivity index (χ1) is 28.7. The van der Waals surface area contributed by atoms with E-state index in [0.29, 0.717) is 10.7 Å². The number of carbonyl (C=O) groups is 6. The second kappa shape index (κ2) is 19.4. The Kier molecular flexibility index (Phi) is 13.9. The highest BCUT2D eigenvalue weighted by Crippen LogP contribution is 2.40.